The summed E-state index contributed by atoms with van der Waals surface area (Å²) in [4.78, 5) is 11.6. The summed E-state index contributed by atoms with van der Waals surface area (Å²) in [6.07, 6.45) is 11.7. The Labute approximate surface area is 133 Å². The van der Waals surface area contributed by atoms with E-state index in [2.05, 4.69) is 6.92 Å². The van der Waals surface area contributed by atoms with Crippen molar-refractivity contribution in [2.24, 2.45) is 0 Å². The van der Waals surface area contributed by atoms with Crippen LogP contribution < -0.4 is 4.74 Å². The van der Waals surface area contributed by atoms with E-state index in [0.29, 0.717) is 17.2 Å². The van der Waals surface area contributed by atoms with Crippen LogP contribution in [0.1, 0.15) is 71.1 Å². The van der Waals surface area contributed by atoms with E-state index in [1.807, 2.05) is 0 Å². The zero-order chi connectivity index (χ0) is 15.3. The average molecular weight is 311 g/mol. The molecule has 118 valence electrons. The molecule has 0 unspecified atom stereocenters. The van der Waals surface area contributed by atoms with Crippen LogP contribution in [-0.4, -0.2) is 5.97 Å². The minimum atomic E-state index is -0.153. The van der Waals surface area contributed by atoms with Crippen LogP contribution in [0.5, 0.6) is 5.75 Å². The van der Waals surface area contributed by atoms with E-state index in [1.165, 1.54) is 44.9 Å². The number of rotatable bonds is 11. The average Bonchev–Trinajstić information content (AvgIpc) is 2.48. The third kappa shape index (κ3) is 9.52. The Morgan fingerprint density at radius 2 is 1.43 bits per heavy atom. The predicted molar refractivity (Wildman–Crippen MR) is 88.9 cm³/mol. The molecule has 0 radical (unpaired) electrons. The van der Waals surface area contributed by atoms with Crippen molar-refractivity contribution in [3.63, 3.8) is 0 Å². The first-order valence-electron chi connectivity index (χ1n) is 8.18. The molecule has 0 spiro atoms. The lowest BCUT2D eigenvalue weighted by atomic mass is 10.1. The molecule has 0 heterocycles. The molecule has 0 amide bonds. The molecule has 21 heavy (non-hydrogen) atoms. The fourth-order valence-electron chi connectivity index (χ4n) is 2.27. The van der Waals surface area contributed by atoms with Crippen LogP contribution in [0.15, 0.2) is 24.3 Å². The summed E-state index contributed by atoms with van der Waals surface area (Å²) in [6.45, 7) is 2.24. The van der Waals surface area contributed by atoms with E-state index in [0.717, 1.165) is 12.8 Å². The van der Waals surface area contributed by atoms with Gasteiger partial charge in [0.1, 0.15) is 5.75 Å². The molecule has 0 N–H and O–H groups in total. The number of hydrogen-bond acceptors (Lipinski definition) is 2. The van der Waals surface area contributed by atoms with Gasteiger partial charge in [-0.3, -0.25) is 4.79 Å². The van der Waals surface area contributed by atoms with E-state index in [9.17, 15) is 4.79 Å². The minimum absolute atomic E-state index is 0.153. The molecular weight excluding hydrogens is 284 g/mol. The highest BCUT2D eigenvalue weighted by atomic mass is 35.5. The Bertz CT molecular complexity index is 387. The van der Waals surface area contributed by atoms with Gasteiger partial charge in [0.25, 0.3) is 0 Å². The lowest BCUT2D eigenvalue weighted by Gasteiger charge is -2.04. The molecule has 0 aromatic heterocycles. The summed E-state index contributed by atoms with van der Waals surface area (Å²) >= 11 is 5.78. The molecule has 0 fully saturated rings. The van der Waals surface area contributed by atoms with Gasteiger partial charge in [0.2, 0.25) is 0 Å². The Morgan fingerprint density at radius 1 is 0.905 bits per heavy atom. The van der Waals surface area contributed by atoms with Gasteiger partial charge in [-0.1, -0.05) is 69.9 Å². The van der Waals surface area contributed by atoms with Gasteiger partial charge in [-0.15, -0.1) is 0 Å². The third-order valence-corrected chi connectivity index (χ3v) is 3.78. The van der Waals surface area contributed by atoms with Crippen LogP contribution in [0.3, 0.4) is 0 Å². The maximum absolute atomic E-state index is 11.6. The zero-order valence-corrected chi connectivity index (χ0v) is 13.8. The van der Waals surface area contributed by atoms with Crippen LogP contribution in [0, 0.1) is 0 Å². The van der Waals surface area contributed by atoms with Crippen molar-refractivity contribution >= 4 is 17.6 Å². The summed E-state index contributed by atoms with van der Waals surface area (Å²) in [5, 5.41) is 0.647. The first-order chi connectivity index (χ1) is 10.2. The quantitative estimate of drug-likeness (QED) is 0.278. The standard InChI is InChI=1S/C18H27ClO2/c1-2-3-4-5-6-7-8-9-10-11-18(20)21-17-14-12-16(19)13-15-17/h12-15H,2-11H2,1H3. The van der Waals surface area contributed by atoms with Crippen LogP contribution in [0.25, 0.3) is 0 Å². The summed E-state index contributed by atoms with van der Waals surface area (Å²) < 4.78 is 5.24. The molecule has 1 rings (SSSR count). The molecule has 2 nitrogen and oxygen atoms in total. The van der Waals surface area contributed by atoms with Crippen LogP contribution in [0.2, 0.25) is 5.02 Å². The Hall–Kier alpha value is -1.02. The van der Waals surface area contributed by atoms with Gasteiger partial charge < -0.3 is 4.74 Å². The van der Waals surface area contributed by atoms with Crippen molar-refractivity contribution in [2.45, 2.75) is 71.1 Å². The number of esters is 1. The Kier molecular flexibility index (Phi) is 9.98. The number of ether oxygens (including phenoxy) is 1. The fourth-order valence-corrected chi connectivity index (χ4v) is 2.39. The second-order valence-corrected chi connectivity index (χ2v) is 5.94. The third-order valence-electron chi connectivity index (χ3n) is 3.53. The number of hydrogen-bond donors (Lipinski definition) is 0. The van der Waals surface area contributed by atoms with Crippen molar-refractivity contribution in [3.05, 3.63) is 29.3 Å². The van der Waals surface area contributed by atoms with Gasteiger partial charge in [-0.05, 0) is 30.7 Å². The summed E-state index contributed by atoms with van der Waals surface area (Å²) in [7, 11) is 0. The van der Waals surface area contributed by atoms with Gasteiger partial charge in [-0.25, -0.2) is 0 Å². The molecular formula is C18H27ClO2. The highest BCUT2D eigenvalue weighted by Gasteiger charge is 2.04. The topological polar surface area (TPSA) is 26.3 Å². The Balaban J connectivity index is 1.97. The van der Waals surface area contributed by atoms with Crippen LogP contribution in [-0.2, 0) is 4.79 Å². The number of halogens is 1. The molecule has 1 aromatic carbocycles. The number of unbranched alkanes of at least 4 members (excludes halogenated alkanes) is 8. The monoisotopic (exact) mass is 310 g/mol. The first kappa shape index (κ1) is 18.0. The smallest absolute Gasteiger partial charge is 0.311 e. The number of benzene rings is 1. The molecule has 0 aliphatic carbocycles. The summed E-state index contributed by atoms with van der Waals surface area (Å²) in [6, 6.07) is 6.89. The molecule has 0 aliphatic rings. The summed E-state index contributed by atoms with van der Waals surface area (Å²) in [5.41, 5.74) is 0. The first-order valence-corrected chi connectivity index (χ1v) is 8.56. The van der Waals surface area contributed by atoms with E-state index >= 15 is 0 Å². The minimum Gasteiger partial charge on any atom is -0.427 e. The van der Waals surface area contributed by atoms with Crippen molar-refractivity contribution in [3.8, 4) is 5.75 Å². The second kappa shape index (κ2) is 11.6. The lowest BCUT2D eigenvalue weighted by Crippen LogP contribution is -2.07. The molecule has 0 aliphatic heterocycles. The number of carbonyl (C=O) groups excluding carboxylic acids is 1. The second-order valence-electron chi connectivity index (χ2n) is 5.51. The van der Waals surface area contributed by atoms with E-state index in [4.69, 9.17) is 16.3 Å². The molecule has 1 aromatic rings. The molecule has 0 saturated heterocycles. The van der Waals surface area contributed by atoms with Crippen molar-refractivity contribution in [1.29, 1.82) is 0 Å². The molecule has 0 atom stereocenters. The highest BCUT2D eigenvalue weighted by Crippen LogP contribution is 2.16. The van der Waals surface area contributed by atoms with Crippen LogP contribution >= 0.6 is 11.6 Å². The molecule has 0 saturated carbocycles. The summed E-state index contributed by atoms with van der Waals surface area (Å²) in [5.74, 6) is 0.417. The zero-order valence-electron chi connectivity index (χ0n) is 13.1. The Morgan fingerprint density at radius 3 is 2.00 bits per heavy atom. The van der Waals surface area contributed by atoms with Gasteiger partial charge in [0.15, 0.2) is 0 Å². The molecule has 3 heteroatoms. The van der Waals surface area contributed by atoms with E-state index < -0.39 is 0 Å². The van der Waals surface area contributed by atoms with Gasteiger partial charge in [0, 0.05) is 11.4 Å². The van der Waals surface area contributed by atoms with Gasteiger partial charge >= 0.3 is 5.97 Å². The van der Waals surface area contributed by atoms with Gasteiger partial charge in [0.05, 0.1) is 0 Å². The maximum atomic E-state index is 11.6. The number of carbonyl (C=O) groups is 1. The van der Waals surface area contributed by atoms with Crippen LogP contribution in [0.4, 0.5) is 0 Å². The maximum Gasteiger partial charge on any atom is 0.311 e. The van der Waals surface area contributed by atoms with Gasteiger partial charge in [-0.2, -0.15) is 0 Å². The largest absolute Gasteiger partial charge is 0.427 e. The van der Waals surface area contributed by atoms with Crippen molar-refractivity contribution in [1.82, 2.24) is 0 Å². The fraction of sp³-hybridized carbons (Fsp3) is 0.611. The molecule has 0 bridgehead atoms. The van der Waals surface area contributed by atoms with E-state index in [1.54, 1.807) is 24.3 Å². The van der Waals surface area contributed by atoms with E-state index in [-0.39, 0.29) is 5.97 Å². The highest BCUT2D eigenvalue weighted by molar-refractivity contribution is 6.30. The predicted octanol–water partition coefficient (Wildman–Crippen LogP) is 6.17. The SMILES string of the molecule is CCCCCCCCCCCC(=O)Oc1ccc(Cl)cc1. The van der Waals surface area contributed by atoms with Crippen molar-refractivity contribution < 1.29 is 9.53 Å². The normalized spacial score (nSPS) is 10.6. The van der Waals surface area contributed by atoms with Crippen molar-refractivity contribution in [2.75, 3.05) is 0 Å². The lowest BCUT2D eigenvalue weighted by molar-refractivity contribution is -0.134.